The van der Waals surface area contributed by atoms with Crippen LogP contribution in [0.5, 0.6) is 5.75 Å². The van der Waals surface area contributed by atoms with Gasteiger partial charge in [0.2, 0.25) is 0 Å². The largest absolute Gasteiger partial charge is 0.492 e. The van der Waals surface area contributed by atoms with Crippen LogP contribution in [0.1, 0.15) is 18.0 Å². The van der Waals surface area contributed by atoms with Gasteiger partial charge in [0, 0.05) is 18.0 Å². The van der Waals surface area contributed by atoms with E-state index in [1.54, 1.807) is 6.07 Å². The van der Waals surface area contributed by atoms with Crippen molar-refractivity contribution in [3.05, 3.63) is 28.0 Å². The van der Waals surface area contributed by atoms with Crippen molar-refractivity contribution >= 4 is 15.9 Å². The van der Waals surface area contributed by atoms with Crippen molar-refractivity contribution in [1.82, 2.24) is 0 Å². The molecule has 0 amide bonds. The van der Waals surface area contributed by atoms with Gasteiger partial charge in [-0.2, -0.15) is 0 Å². The summed E-state index contributed by atoms with van der Waals surface area (Å²) < 4.78 is 19.4. The fraction of sp³-hybridized carbons (Fsp3) is 0.333. The van der Waals surface area contributed by atoms with Crippen molar-refractivity contribution in [2.24, 2.45) is 5.73 Å². The molecule has 0 bridgehead atoms. The summed E-state index contributed by atoms with van der Waals surface area (Å²) in [7, 11) is 0. The predicted molar refractivity (Wildman–Crippen MR) is 51.1 cm³/mol. The molecule has 0 spiro atoms. The first-order valence-corrected chi connectivity index (χ1v) is 4.85. The van der Waals surface area contributed by atoms with Gasteiger partial charge < -0.3 is 10.5 Å². The quantitative estimate of drug-likeness (QED) is 0.762. The maximum atomic E-state index is 13.3. The lowest BCUT2D eigenvalue weighted by atomic mass is 10.0. The van der Waals surface area contributed by atoms with Gasteiger partial charge in [-0.25, -0.2) is 4.39 Å². The molecule has 0 saturated heterocycles. The summed E-state index contributed by atoms with van der Waals surface area (Å²) in [4.78, 5) is 0. The molecule has 1 aromatic carbocycles. The molecule has 4 heteroatoms. The highest BCUT2D eigenvalue weighted by Crippen LogP contribution is 2.38. The summed E-state index contributed by atoms with van der Waals surface area (Å²) in [5.41, 5.74) is 6.26. The molecule has 1 heterocycles. The van der Waals surface area contributed by atoms with Crippen LogP contribution in [0.15, 0.2) is 16.6 Å². The Balaban J connectivity index is 2.60. The van der Waals surface area contributed by atoms with Crippen molar-refractivity contribution in [3.8, 4) is 5.75 Å². The van der Waals surface area contributed by atoms with Crippen LogP contribution in [0.25, 0.3) is 0 Å². The molecular weight excluding hydrogens is 237 g/mol. The number of rotatable bonds is 0. The molecule has 1 aromatic rings. The Morgan fingerprint density at radius 2 is 2.31 bits per heavy atom. The number of hydrogen-bond acceptors (Lipinski definition) is 2. The fourth-order valence-electron chi connectivity index (χ4n) is 1.47. The number of ether oxygens (including phenoxy) is 1. The highest BCUT2D eigenvalue weighted by atomic mass is 79.9. The van der Waals surface area contributed by atoms with Gasteiger partial charge >= 0.3 is 0 Å². The maximum Gasteiger partial charge on any atom is 0.141 e. The van der Waals surface area contributed by atoms with Gasteiger partial charge in [0.05, 0.1) is 11.1 Å². The maximum absolute atomic E-state index is 13.3. The summed E-state index contributed by atoms with van der Waals surface area (Å²) in [6.07, 6.45) is 0.667. The molecule has 0 aromatic heterocycles. The van der Waals surface area contributed by atoms with Crippen LogP contribution in [0.4, 0.5) is 4.39 Å². The fourth-order valence-corrected chi connectivity index (χ4v) is 1.93. The zero-order valence-electron chi connectivity index (χ0n) is 6.89. The monoisotopic (exact) mass is 245 g/mol. The Labute approximate surface area is 84.0 Å². The lowest BCUT2D eigenvalue weighted by Gasteiger charge is -2.24. The van der Waals surface area contributed by atoms with Gasteiger partial charge in [0.1, 0.15) is 11.6 Å². The van der Waals surface area contributed by atoms with E-state index in [9.17, 15) is 4.39 Å². The van der Waals surface area contributed by atoms with Crippen molar-refractivity contribution in [2.75, 3.05) is 6.61 Å². The standard InChI is InChI=1S/C9H9BrFNO/c10-5-1-2-6(11)8-7(12)3-4-13-9(5)8/h1-2,7H,3-4,12H2. The molecule has 0 aliphatic carbocycles. The number of benzene rings is 1. The van der Waals surface area contributed by atoms with E-state index in [0.717, 1.165) is 4.47 Å². The van der Waals surface area contributed by atoms with Crippen LogP contribution in [-0.4, -0.2) is 6.61 Å². The van der Waals surface area contributed by atoms with Crippen LogP contribution in [0.3, 0.4) is 0 Å². The van der Waals surface area contributed by atoms with Crippen molar-refractivity contribution in [2.45, 2.75) is 12.5 Å². The van der Waals surface area contributed by atoms with Gasteiger partial charge in [-0.1, -0.05) is 0 Å². The minimum atomic E-state index is -0.287. The minimum absolute atomic E-state index is 0.249. The zero-order valence-corrected chi connectivity index (χ0v) is 8.47. The van der Waals surface area contributed by atoms with E-state index in [1.165, 1.54) is 6.07 Å². The van der Waals surface area contributed by atoms with E-state index in [4.69, 9.17) is 10.5 Å². The molecule has 1 atom stereocenters. The molecule has 1 aliphatic rings. The van der Waals surface area contributed by atoms with Crippen LogP contribution in [0.2, 0.25) is 0 Å². The van der Waals surface area contributed by atoms with Crippen LogP contribution in [-0.2, 0) is 0 Å². The minimum Gasteiger partial charge on any atom is -0.492 e. The molecule has 13 heavy (non-hydrogen) atoms. The number of hydrogen-bond donors (Lipinski definition) is 1. The smallest absolute Gasteiger partial charge is 0.141 e. The molecule has 1 unspecified atom stereocenters. The Bertz CT molecular complexity index is 343. The zero-order chi connectivity index (χ0) is 9.42. The Morgan fingerprint density at radius 1 is 1.54 bits per heavy atom. The van der Waals surface area contributed by atoms with Gasteiger partial charge in [-0.05, 0) is 28.1 Å². The average molecular weight is 246 g/mol. The molecule has 2 rings (SSSR count). The van der Waals surface area contributed by atoms with E-state index in [2.05, 4.69) is 15.9 Å². The van der Waals surface area contributed by atoms with E-state index < -0.39 is 0 Å². The van der Waals surface area contributed by atoms with Gasteiger partial charge in [0.25, 0.3) is 0 Å². The Hall–Kier alpha value is -0.610. The molecule has 2 nitrogen and oxygen atoms in total. The summed E-state index contributed by atoms with van der Waals surface area (Å²) >= 11 is 3.30. The van der Waals surface area contributed by atoms with Gasteiger partial charge in [-0.15, -0.1) is 0 Å². The Morgan fingerprint density at radius 3 is 3.00 bits per heavy atom. The lowest BCUT2D eigenvalue weighted by molar-refractivity contribution is 0.262. The molecule has 1 aliphatic heterocycles. The highest BCUT2D eigenvalue weighted by Gasteiger charge is 2.23. The number of halogens is 2. The summed E-state index contributed by atoms with van der Waals surface area (Å²) in [5.74, 6) is 0.268. The van der Waals surface area contributed by atoms with Crippen molar-refractivity contribution < 1.29 is 9.13 Å². The van der Waals surface area contributed by atoms with E-state index in [1.807, 2.05) is 0 Å². The van der Waals surface area contributed by atoms with Crippen LogP contribution in [0, 0.1) is 5.82 Å². The van der Waals surface area contributed by atoms with E-state index >= 15 is 0 Å². The van der Waals surface area contributed by atoms with Gasteiger partial charge in [0.15, 0.2) is 0 Å². The number of fused-ring (bicyclic) bond motifs is 1. The summed E-state index contributed by atoms with van der Waals surface area (Å²) in [5, 5.41) is 0. The first-order chi connectivity index (χ1) is 6.20. The number of nitrogens with two attached hydrogens (primary N) is 1. The molecular formula is C9H9BrFNO. The summed E-state index contributed by atoms with van der Waals surface area (Å²) in [6, 6.07) is 2.78. The third-order valence-corrected chi connectivity index (χ3v) is 2.77. The molecule has 2 N–H and O–H groups in total. The van der Waals surface area contributed by atoms with Crippen molar-refractivity contribution in [1.29, 1.82) is 0 Å². The third kappa shape index (κ3) is 1.44. The SMILES string of the molecule is NC1CCOc2c(Br)ccc(F)c21. The topological polar surface area (TPSA) is 35.2 Å². The highest BCUT2D eigenvalue weighted by molar-refractivity contribution is 9.10. The van der Waals surface area contributed by atoms with E-state index in [0.29, 0.717) is 24.3 Å². The van der Waals surface area contributed by atoms with E-state index in [-0.39, 0.29) is 11.9 Å². The second-order valence-corrected chi connectivity index (χ2v) is 3.87. The Kier molecular flexibility index (Phi) is 2.26. The normalized spacial score (nSPS) is 20.7. The lowest BCUT2D eigenvalue weighted by Crippen LogP contribution is -2.22. The van der Waals surface area contributed by atoms with Crippen molar-refractivity contribution in [3.63, 3.8) is 0 Å². The molecule has 0 fully saturated rings. The third-order valence-electron chi connectivity index (χ3n) is 2.14. The van der Waals surface area contributed by atoms with Crippen LogP contribution < -0.4 is 10.5 Å². The second kappa shape index (κ2) is 3.27. The predicted octanol–water partition coefficient (Wildman–Crippen LogP) is 2.37. The molecule has 0 radical (unpaired) electrons. The molecule has 0 saturated carbocycles. The first kappa shape index (κ1) is 8.97. The average Bonchev–Trinajstić information content (AvgIpc) is 2.12. The molecule has 70 valence electrons. The van der Waals surface area contributed by atoms with Gasteiger partial charge in [-0.3, -0.25) is 0 Å². The second-order valence-electron chi connectivity index (χ2n) is 3.02. The first-order valence-electron chi connectivity index (χ1n) is 4.06. The van der Waals surface area contributed by atoms with Crippen LogP contribution >= 0.6 is 15.9 Å². The summed E-state index contributed by atoms with van der Waals surface area (Å²) in [6.45, 7) is 0.552.